The van der Waals surface area contributed by atoms with E-state index in [-0.39, 0.29) is 17.9 Å². The van der Waals surface area contributed by atoms with E-state index in [0.29, 0.717) is 22.9 Å². The van der Waals surface area contributed by atoms with Crippen molar-refractivity contribution in [2.45, 2.75) is 13.8 Å². The predicted molar refractivity (Wildman–Crippen MR) is 103 cm³/mol. The van der Waals surface area contributed by atoms with Crippen LogP contribution in [0.1, 0.15) is 19.4 Å². The first-order valence-corrected chi connectivity index (χ1v) is 8.56. The maximum atomic E-state index is 12.2. The molecule has 0 bridgehead atoms. The Morgan fingerprint density at radius 3 is 2.42 bits per heavy atom. The maximum absolute atomic E-state index is 12.2. The number of rotatable bonds is 7. The second-order valence-corrected chi connectivity index (χ2v) is 5.55. The average Bonchev–Trinajstić information content (AvgIpc) is 2.64. The summed E-state index contributed by atoms with van der Waals surface area (Å²) in [7, 11) is 0. The predicted octanol–water partition coefficient (Wildman–Crippen LogP) is 4.97. The Labute approximate surface area is 157 Å². The van der Waals surface area contributed by atoms with Crippen molar-refractivity contribution in [1.29, 1.82) is 0 Å². The van der Waals surface area contributed by atoms with Crippen molar-refractivity contribution in [3.63, 3.8) is 0 Å². The van der Waals surface area contributed by atoms with Crippen molar-refractivity contribution in [3.8, 4) is 5.75 Å². The molecule has 0 aliphatic rings. The molecule has 5 nitrogen and oxygen atoms in total. The largest absolute Gasteiger partial charge is 0.506 e. The molecule has 0 radical (unpaired) electrons. The van der Waals surface area contributed by atoms with E-state index in [1.54, 1.807) is 55.5 Å². The maximum Gasteiger partial charge on any atom is 0.343 e. The Hall–Kier alpha value is -2.79. The summed E-state index contributed by atoms with van der Waals surface area (Å²) in [6.45, 7) is 4.34. The minimum Gasteiger partial charge on any atom is -0.506 e. The second kappa shape index (κ2) is 9.63. The first-order valence-electron chi connectivity index (χ1n) is 8.19. The van der Waals surface area contributed by atoms with E-state index in [9.17, 15) is 9.90 Å². The lowest BCUT2D eigenvalue weighted by atomic mass is 10.1. The molecule has 0 saturated heterocycles. The van der Waals surface area contributed by atoms with Crippen LogP contribution in [-0.2, 0) is 9.53 Å². The molecule has 2 aromatic carbocycles. The quantitative estimate of drug-likeness (QED) is 0.322. The van der Waals surface area contributed by atoms with E-state index < -0.39 is 5.97 Å². The van der Waals surface area contributed by atoms with Gasteiger partial charge in [0, 0.05) is 11.8 Å². The standard InChI is InChI=1S/C20H20ClNO4/c1-3-25-15-11-9-14(10-12-15)22-13-17(20(24)26-4-2)19(23)16-7-5-6-8-18(16)21/h5-13,23H,3-4H2,1-2H3/b19-17-,22-13?. The fourth-order valence-electron chi connectivity index (χ4n) is 2.15. The van der Waals surface area contributed by atoms with E-state index >= 15 is 0 Å². The summed E-state index contributed by atoms with van der Waals surface area (Å²) in [4.78, 5) is 16.5. The molecule has 1 N–H and O–H groups in total. The molecule has 0 aliphatic carbocycles. The number of benzene rings is 2. The first kappa shape index (κ1) is 19.5. The van der Waals surface area contributed by atoms with E-state index in [1.165, 1.54) is 6.21 Å². The molecular weight excluding hydrogens is 354 g/mol. The van der Waals surface area contributed by atoms with Crippen LogP contribution in [0.5, 0.6) is 5.75 Å². The Bertz CT molecular complexity index is 813. The SMILES string of the molecule is CCOC(=O)/C(C=Nc1ccc(OCC)cc1)=C(\O)c1ccccc1Cl. The topological polar surface area (TPSA) is 68.1 Å². The smallest absolute Gasteiger partial charge is 0.343 e. The van der Waals surface area contributed by atoms with Crippen LogP contribution in [0.4, 0.5) is 5.69 Å². The van der Waals surface area contributed by atoms with Crippen LogP contribution in [0, 0.1) is 0 Å². The summed E-state index contributed by atoms with van der Waals surface area (Å²) in [5.41, 5.74) is 0.853. The number of aliphatic hydroxyl groups is 1. The Morgan fingerprint density at radius 1 is 1.12 bits per heavy atom. The summed E-state index contributed by atoms with van der Waals surface area (Å²) in [6.07, 6.45) is 1.27. The zero-order valence-electron chi connectivity index (χ0n) is 14.6. The summed E-state index contributed by atoms with van der Waals surface area (Å²) < 4.78 is 10.4. The highest BCUT2D eigenvalue weighted by atomic mass is 35.5. The van der Waals surface area contributed by atoms with Crippen molar-refractivity contribution in [3.05, 3.63) is 64.7 Å². The van der Waals surface area contributed by atoms with E-state index in [2.05, 4.69) is 4.99 Å². The molecule has 0 aromatic heterocycles. The molecule has 0 atom stereocenters. The number of aliphatic hydroxyl groups excluding tert-OH is 1. The van der Waals surface area contributed by atoms with Gasteiger partial charge in [-0.05, 0) is 50.2 Å². The van der Waals surface area contributed by atoms with Gasteiger partial charge in [0.2, 0.25) is 0 Å². The third-order valence-corrected chi connectivity index (χ3v) is 3.70. The van der Waals surface area contributed by atoms with Crippen LogP contribution in [0.15, 0.2) is 59.1 Å². The van der Waals surface area contributed by atoms with E-state index in [1.807, 2.05) is 6.92 Å². The van der Waals surface area contributed by atoms with E-state index in [0.717, 1.165) is 5.75 Å². The Balaban J connectivity index is 2.37. The molecule has 6 heteroatoms. The second-order valence-electron chi connectivity index (χ2n) is 5.15. The van der Waals surface area contributed by atoms with Crippen molar-refractivity contribution < 1.29 is 19.4 Å². The van der Waals surface area contributed by atoms with Gasteiger partial charge in [0.1, 0.15) is 17.1 Å². The molecule has 0 unspecified atom stereocenters. The highest BCUT2D eigenvalue weighted by Crippen LogP contribution is 2.25. The average molecular weight is 374 g/mol. The fourth-order valence-corrected chi connectivity index (χ4v) is 2.38. The summed E-state index contributed by atoms with van der Waals surface area (Å²) >= 11 is 6.10. The van der Waals surface area contributed by atoms with Crippen LogP contribution in [0.2, 0.25) is 5.02 Å². The molecular formula is C20H20ClNO4. The molecule has 0 amide bonds. The van der Waals surface area contributed by atoms with Crippen LogP contribution in [0.25, 0.3) is 5.76 Å². The van der Waals surface area contributed by atoms with Gasteiger partial charge in [0.25, 0.3) is 0 Å². The van der Waals surface area contributed by atoms with Gasteiger partial charge >= 0.3 is 5.97 Å². The third-order valence-electron chi connectivity index (χ3n) is 3.37. The van der Waals surface area contributed by atoms with Gasteiger partial charge in [-0.2, -0.15) is 0 Å². The van der Waals surface area contributed by atoms with Crippen LogP contribution in [-0.4, -0.2) is 30.5 Å². The van der Waals surface area contributed by atoms with Crippen LogP contribution >= 0.6 is 11.6 Å². The number of ether oxygens (including phenoxy) is 2. The molecule has 136 valence electrons. The highest BCUT2D eigenvalue weighted by Gasteiger charge is 2.18. The summed E-state index contributed by atoms with van der Waals surface area (Å²) in [5, 5.41) is 10.9. The number of carbonyl (C=O) groups is 1. The van der Waals surface area contributed by atoms with Gasteiger partial charge in [-0.1, -0.05) is 23.7 Å². The number of esters is 1. The molecule has 26 heavy (non-hydrogen) atoms. The van der Waals surface area contributed by atoms with Gasteiger partial charge in [-0.15, -0.1) is 0 Å². The fraction of sp³-hybridized carbons (Fsp3) is 0.200. The number of halogens is 1. The number of hydrogen-bond donors (Lipinski definition) is 1. The Morgan fingerprint density at radius 2 is 1.81 bits per heavy atom. The van der Waals surface area contributed by atoms with Crippen molar-refractivity contribution in [2.75, 3.05) is 13.2 Å². The molecule has 0 spiro atoms. The van der Waals surface area contributed by atoms with Gasteiger partial charge in [-0.3, -0.25) is 4.99 Å². The molecule has 0 fully saturated rings. The lowest BCUT2D eigenvalue weighted by Gasteiger charge is -2.08. The molecule has 2 rings (SSSR count). The number of carbonyl (C=O) groups excluding carboxylic acids is 1. The number of nitrogens with zero attached hydrogens (tertiary/aromatic N) is 1. The molecule has 0 aliphatic heterocycles. The minimum atomic E-state index is -0.681. The lowest BCUT2D eigenvalue weighted by molar-refractivity contribution is -0.137. The lowest BCUT2D eigenvalue weighted by Crippen LogP contribution is -2.11. The van der Waals surface area contributed by atoms with Gasteiger partial charge < -0.3 is 14.6 Å². The van der Waals surface area contributed by atoms with Crippen LogP contribution < -0.4 is 4.74 Å². The normalized spacial score (nSPS) is 12.0. The van der Waals surface area contributed by atoms with E-state index in [4.69, 9.17) is 21.1 Å². The van der Waals surface area contributed by atoms with Gasteiger partial charge in [-0.25, -0.2) is 4.79 Å². The molecule has 0 heterocycles. The first-order chi connectivity index (χ1) is 12.6. The minimum absolute atomic E-state index is 0.0752. The molecule has 2 aromatic rings. The molecule has 0 saturated carbocycles. The summed E-state index contributed by atoms with van der Waals surface area (Å²) in [6, 6.07) is 13.7. The monoisotopic (exact) mass is 373 g/mol. The number of aliphatic imine (C=N–C) groups is 1. The van der Waals surface area contributed by atoms with Crippen LogP contribution in [0.3, 0.4) is 0 Å². The Kier molecular flexibility index (Phi) is 7.24. The highest BCUT2D eigenvalue weighted by molar-refractivity contribution is 6.32. The summed E-state index contributed by atoms with van der Waals surface area (Å²) in [5.74, 6) is -0.241. The zero-order chi connectivity index (χ0) is 18.9. The third kappa shape index (κ3) is 5.10. The van der Waals surface area contributed by atoms with Crippen molar-refractivity contribution in [1.82, 2.24) is 0 Å². The number of hydrogen-bond acceptors (Lipinski definition) is 5. The van der Waals surface area contributed by atoms with Crippen molar-refractivity contribution >= 4 is 35.2 Å². The zero-order valence-corrected chi connectivity index (χ0v) is 15.4. The van der Waals surface area contributed by atoms with Crippen molar-refractivity contribution in [2.24, 2.45) is 4.99 Å². The van der Waals surface area contributed by atoms with Gasteiger partial charge in [0.05, 0.1) is 23.9 Å². The van der Waals surface area contributed by atoms with Gasteiger partial charge in [0.15, 0.2) is 0 Å².